The van der Waals surface area contributed by atoms with Gasteiger partial charge in [-0.25, -0.2) is 0 Å². The minimum Gasteiger partial charge on any atom is -0.484 e. The molecule has 5 nitrogen and oxygen atoms in total. The van der Waals surface area contributed by atoms with Crippen molar-refractivity contribution in [2.24, 2.45) is 0 Å². The molecule has 0 aromatic heterocycles. The number of hydrogen-bond donors (Lipinski definition) is 0. The minimum absolute atomic E-state index is 0.0374. The van der Waals surface area contributed by atoms with Gasteiger partial charge in [0, 0.05) is 30.7 Å². The highest BCUT2D eigenvalue weighted by Crippen LogP contribution is 2.23. The molecule has 0 spiro atoms. The van der Waals surface area contributed by atoms with Crippen LogP contribution in [0.2, 0.25) is 0 Å². The molecule has 1 aromatic carbocycles. The number of piperidine rings is 1. The van der Waals surface area contributed by atoms with E-state index < -0.39 is 0 Å². The quantitative estimate of drug-likeness (QED) is 0.853. The van der Waals surface area contributed by atoms with Crippen LogP contribution in [0.15, 0.2) is 24.3 Å². The fourth-order valence-corrected chi connectivity index (χ4v) is 3.53. The van der Waals surface area contributed by atoms with Crippen LogP contribution in [0.25, 0.3) is 0 Å². The van der Waals surface area contributed by atoms with Crippen molar-refractivity contribution in [1.29, 1.82) is 0 Å². The van der Waals surface area contributed by atoms with Gasteiger partial charge in [-0.05, 0) is 63.8 Å². The third-order valence-electron chi connectivity index (χ3n) is 5.09. The summed E-state index contributed by atoms with van der Waals surface area (Å²) in [7, 11) is 0. The second-order valence-corrected chi connectivity index (χ2v) is 6.89. The molecule has 5 heteroatoms. The fourth-order valence-electron chi connectivity index (χ4n) is 3.53. The van der Waals surface area contributed by atoms with Gasteiger partial charge in [0.15, 0.2) is 6.61 Å². The van der Waals surface area contributed by atoms with Gasteiger partial charge in [0.2, 0.25) is 0 Å². The lowest BCUT2D eigenvalue weighted by atomic mass is 9.97. The second-order valence-electron chi connectivity index (χ2n) is 6.89. The van der Waals surface area contributed by atoms with Gasteiger partial charge in [-0.15, -0.1) is 0 Å². The summed E-state index contributed by atoms with van der Waals surface area (Å²) >= 11 is 0. The molecule has 3 rings (SSSR count). The maximum Gasteiger partial charge on any atom is 0.260 e. The number of amides is 2. The number of carbonyl (C=O) groups is 2. The molecule has 2 unspecified atom stereocenters. The van der Waals surface area contributed by atoms with E-state index in [1.807, 2.05) is 9.80 Å². The predicted molar refractivity (Wildman–Crippen MR) is 92.1 cm³/mol. The van der Waals surface area contributed by atoms with Crippen molar-refractivity contribution in [3.8, 4) is 5.75 Å². The van der Waals surface area contributed by atoms with Gasteiger partial charge in [0.25, 0.3) is 11.8 Å². The standard InChI is InChI=1S/C19H26N2O3/c1-14-5-3-6-15(2)21(14)18(22)13-24-17-9-7-16(8-10-17)19(23)20-11-4-12-20/h7-10,14-15H,3-6,11-13H2,1-2H3. The van der Waals surface area contributed by atoms with Crippen molar-refractivity contribution in [2.45, 2.75) is 51.6 Å². The molecular formula is C19H26N2O3. The Bertz CT molecular complexity index is 585. The van der Waals surface area contributed by atoms with Crippen LogP contribution in [0.5, 0.6) is 5.75 Å². The molecule has 24 heavy (non-hydrogen) atoms. The number of hydrogen-bond acceptors (Lipinski definition) is 3. The van der Waals surface area contributed by atoms with E-state index in [9.17, 15) is 9.59 Å². The third-order valence-corrected chi connectivity index (χ3v) is 5.09. The molecule has 1 aromatic rings. The Morgan fingerprint density at radius 1 is 1.04 bits per heavy atom. The summed E-state index contributed by atoms with van der Waals surface area (Å²) in [5.74, 6) is 0.732. The highest BCUT2D eigenvalue weighted by Gasteiger charge is 2.29. The third kappa shape index (κ3) is 3.55. The van der Waals surface area contributed by atoms with Gasteiger partial charge in [-0.3, -0.25) is 9.59 Å². The molecule has 2 heterocycles. The number of benzene rings is 1. The van der Waals surface area contributed by atoms with Crippen LogP contribution in [0.1, 0.15) is 49.9 Å². The Hall–Kier alpha value is -2.04. The number of carbonyl (C=O) groups excluding carboxylic acids is 2. The van der Waals surface area contributed by atoms with Gasteiger partial charge < -0.3 is 14.5 Å². The largest absolute Gasteiger partial charge is 0.484 e. The molecule has 0 radical (unpaired) electrons. The number of ether oxygens (including phenoxy) is 1. The Kier molecular flexibility index (Phi) is 5.07. The Morgan fingerprint density at radius 2 is 1.67 bits per heavy atom. The normalized spacial score (nSPS) is 23.6. The van der Waals surface area contributed by atoms with Crippen LogP contribution in [0, 0.1) is 0 Å². The van der Waals surface area contributed by atoms with Crippen molar-refractivity contribution in [3.63, 3.8) is 0 Å². The zero-order valence-electron chi connectivity index (χ0n) is 14.5. The van der Waals surface area contributed by atoms with Gasteiger partial charge in [-0.2, -0.15) is 0 Å². The first kappa shape index (κ1) is 16.8. The Labute approximate surface area is 143 Å². The molecular weight excluding hydrogens is 304 g/mol. The number of likely N-dealkylation sites (tertiary alicyclic amines) is 2. The van der Waals surface area contributed by atoms with Gasteiger partial charge in [0.1, 0.15) is 5.75 Å². The topological polar surface area (TPSA) is 49.9 Å². The zero-order valence-corrected chi connectivity index (χ0v) is 14.5. The maximum absolute atomic E-state index is 12.4. The molecule has 2 fully saturated rings. The highest BCUT2D eigenvalue weighted by atomic mass is 16.5. The van der Waals surface area contributed by atoms with Crippen LogP contribution in [-0.2, 0) is 4.79 Å². The van der Waals surface area contributed by atoms with E-state index in [4.69, 9.17) is 4.74 Å². The average molecular weight is 330 g/mol. The SMILES string of the molecule is CC1CCCC(C)N1C(=O)COc1ccc(C(=O)N2CCC2)cc1. The van der Waals surface area contributed by atoms with Crippen LogP contribution in [0.3, 0.4) is 0 Å². The van der Waals surface area contributed by atoms with E-state index in [0.29, 0.717) is 11.3 Å². The van der Waals surface area contributed by atoms with E-state index in [1.165, 1.54) is 6.42 Å². The average Bonchev–Trinajstić information content (AvgIpc) is 2.51. The van der Waals surface area contributed by atoms with Crippen LogP contribution >= 0.6 is 0 Å². The summed E-state index contributed by atoms with van der Waals surface area (Å²) in [6.45, 7) is 5.94. The van der Waals surface area contributed by atoms with Crippen molar-refractivity contribution < 1.29 is 14.3 Å². The van der Waals surface area contributed by atoms with E-state index in [0.717, 1.165) is 32.4 Å². The molecule has 2 aliphatic rings. The molecule has 0 saturated carbocycles. The summed E-state index contributed by atoms with van der Waals surface area (Å²) in [5.41, 5.74) is 0.673. The second kappa shape index (κ2) is 7.24. The summed E-state index contributed by atoms with van der Waals surface area (Å²) in [6, 6.07) is 7.63. The summed E-state index contributed by atoms with van der Waals surface area (Å²) in [5, 5.41) is 0. The molecule has 0 aliphatic carbocycles. The maximum atomic E-state index is 12.4. The van der Waals surface area contributed by atoms with E-state index >= 15 is 0 Å². The lowest BCUT2D eigenvalue weighted by molar-refractivity contribution is -0.139. The summed E-state index contributed by atoms with van der Waals surface area (Å²) < 4.78 is 5.64. The van der Waals surface area contributed by atoms with Crippen LogP contribution in [-0.4, -0.2) is 53.4 Å². The minimum atomic E-state index is 0.0374. The number of nitrogens with zero attached hydrogens (tertiary/aromatic N) is 2. The van der Waals surface area contributed by atoms with Gasteiger partial charge >= 0.3 is 0 Å². The van der Waals surface area contributed by atoms with Crippen molar-refractivity contribution in [3.05, 3.63) is 29.8 Å². The monoisotopic (exact) mass is 330 g/mol. The lowest BCUT2D eigenvalue weighted by Crippen LogP contribution is -2.49. The molecule has 2 atom stereocenters. The van der Waals surface area contributed by atoms with E-state index in [2.05, 4.69) is 13.8 Å². The molecule has 0 N–H and O–H groups in total. The summed E-state index contributed by atoms with van der Waals surface area (Å²) in [4.78, 5) is 28.3. The van der Waals surface area contributed by atoms with E-state index in [1.54, 1.807) is 24.3 Å². The fraction of sp³-hybridized carbons (Fsp3) is 0.579. The summed E-state index contributed by atoms with van der Waals surface area (Å²) in [6.07, 6.45) is 4.38. The molecule has 2 amide bonds. The lowest BCUT2D eigenvalue weighted by Gasteiger charge is -2.38. The van der Waals surface area contributed by atoms with E-state index in [-0.39, 0.29) is 30.5 Å². The van der Waals surface area contributed by atoms with Crippen LogP contribution < -0.4 is 4.74 Å². The van der Waals surface area contributed by atoms with Gasteiger partial charge in [-0.1, -0.05) is 0 Å². The Morgan fingerprint density at radius 3 is 2.21 bits per heavy atom. The van der Waals surface area contributed by atoms with Crippen LogP contribution in [0.4, 0.5) is 0 Å². The molecule has 0 bridgehead atoms. The molecule has 130 valence electrons. The van der Waals surface area contributed by atoms with Crippen molar-refractivity contribution in [2.75, 3.05) is 19.7 Å². The molecule has 2 aliphatic heterocycles. The first-order valence-corrected chi connectivity index (χ1v) is 8.89. The van der Waals surface area contributed by atoms with Crippen molar-refractivity contribution in [1.82, 2.24) is 9.80 Å². The predicted octanol–water partition coefficient (Wildman–Crippen LogP) is 2.70. The van der Waals surface area contributed by atoms with Crippen molar-refractivity contribution >= 4 is 11.8 Å². The Balaban J connectivity index is 1.54. The smallest absolute Gasteiger partial charge is 0.260 e. The first-order chi connectivity index (χ1) is 11.6. The first-order valence-electron chi connectivity index (χ1n) is 8.89. The number of rotatable bonds is 4. The molecule has 2 saturated heterocycles. The van der Waals surface area contributed by atoms with Gasteiger partial charge in [0.05, 0.1) is 0 Å². The highest BCUT2D eigenvalue weighted by molar-refractivity contribution is 5.94. The zero-order chi connectivity index (χ0) is 17.1.